The van der Waals surface area contributed by atoms with Crippen LogP contribution in [-0.2, 0) is 23.0 Å². The molecule has 0 spiro atoms. The van der Waals surface area contributed by atoms with Crippen molar-refractivity contribution in [2.45, 2.75) is 36.9 Å². The Bertz CT molecular complexity index is 776. The number of fused-ring (bicyclic) bond motifs is 1. The Morgan fingerprint density at radius 1 is 1.32 bits per heavy atom. The molecule has 22 heavy (non-hydrogen) atoms. The first kappa shape index (κ1) is 15.6. The third-order valence-corrected chi connectivity index (χ3v) is 6.24. The molecule has 118 valence electrons. The van der Waals surface area contributed by atoms with E-state index in [1.165, 1.54) is 0 Å². The van der Waals surface area contributed by atoms with Gasteiger partial charge in [0.25, 0.3) is 0 Å². The minimum absolute atomic E-state index is 0.318. The second-order valence-corrected chi connectivity index (χ2v) is 8.28. The molecule has 2 aromatic rings. The van der Waals surface area contributed by atoms with Crippen LogP contribution in [0, 0.1) is 13.8 Å². The Kier molecular flexibility index (Phi) is 4.29. The molecule has 1 aromatic heterocycles. The lowest BCUT2D eigenvalue weighted by Crippen LogP contribution is -2.26. The smallest absolute Gasteiger partial charge is 0.240 e. The van der Waals surface area contributed by atoms with E-state index in [9.17, 15) is 8.42 Å². The highest BCUT2D eigenvalue weighted by Crippen LogP contribution is 2.24. The topological polar surface area (TPSA) is 64.0 Å². The van der Waals surface area contributed by atoms with E-state index >= 15 is 0 Å². The minimum atomic E-state index is -3.45. The monoisotopic (exact) mass is 337 g/mol. The second-order valence-electron chi connectivity index (χ2n) is 5.45. The van der Waals surface area contributed by atoms with Gasteiger partial charge in [-0.05, 0) is 37.1 Å². The maximum atomic E-state index is 12.3. The van der Waals surface area contributed by atoms with Gasteiger partial charge in [-0.1, -0.05) is 17.8 Å². The number of nitrogens with one attached hydrogen (secondary N) is 1. The first-order valence-corrected chi connectivity index (χ1v) is 9.68. The fraction of sp³-hybridized carbons (Fsp3) is 0.400. The van der Waals surface area contributed by atoms with Crippen LogP contribution in [-0.4, -0.2) is 30.3 Å². The first-order valence-electron chi connectivity index (χ1n) is 7.21. The highest BCUT2D eigenvalue weighted by atomic mass is 32.2. The van der Waals surface area contributed by atoms with Crippen molar-refractivity contribution < 1.29 is 8.42 Å². The lowest BCUT2D eigenvalue weighted by molar-refractivity contribution is 0.581. The molecule has 0 unspecified atom stereocenters. The van der Waals surface area contributed by atoms with Gasteiger partial charge in [-0.25, -0.2) is 18.1 Å². The molecule has 0 amide bonds. The van der Waals surface area contributed by atoms with Gasteiger partial charge in [0.05, 0.1) is 10.6 Å². The van der Waals surface area contributed by atoms with Crippen LogP contribution in [0.2, 0.25) is 0 Å². The molecule has 1 aliphatic heterocycles. The predicted molar refractivity (Wildman–Crippen MR) is 87.8 cm³/mol. The molecule has 1 aliphatic rings. The Labute approximate surface area is 135 Å². The summed E-state index contributed by atoms with van der Waals surface area (Å²) in [5.74, 6) is 1.07. The molecule has 0 saturated heterocycles. The number of rotatable bonds is 5. The van der Waals surface area contributed by atoms with Crippen molar-refractivity contribution in [1.82, 2.24) is 14.3 Å². The Balaban J connectivity index is 1.63. The highest BCUT2D eigenvalue weighted by molar-refractivity contribution is 7.99. The molecule has 0 fully saturated rings. The van der Waals surface area contributed by atoms with Crippen LogP contribution >= 0.6 is 11.8 Å². The van der Waals surface area contributed by atoms with Crippen LogP contribution in [0.25, 0.3) is 0 Å². The van der Waals surface area contributed by atoms with Crippen LogP contribution in [0.3, 0.4) is 0 Å². The number of hydrogen-bond donors (Lipinski definition) is 1. The predicted octanol–water partition coefficient (Wildman–Crippen LogP) is 2.13. The number of hydrogen-bond acceptors (Lipinski definition) is 4. The van der Waals surface area contributed by atoms with E-state index in [-0.39, 0.29) is 0 Å². The molecule has 7 heteroatoms. The van der Waals surface area contributed by atoms with Crippen molar-refractivity contribution in [3.63, 3.8) is 0 Å². The molecule has 0 atom stereocenters. The maximum absolute atomic E-state index is 12.3. The lowest BCUT2D eigenvalue weighted by atomic mass is 10.1. The van der Waals surface area contributed by atoms with Crippen molar-refractivity contribution >= 4 is 21.8 Å². The van der Waals surface area contributed by atoms with Crippen molar-refractivity contribution in [3.05, 3.63) is 41.2 Å². The first-order chi connectivity index (χ1) is 10.5. The van der Waals surface area contributed by atoms with Gasteiger partial charge < -0.3 is 4.57 Å². The fourth-order valence-electron chi connectivity index (χ4n) is 2.36. The summed E-state index contributed by atoms with van der Waals surface area (Å²) in [5.41, 5.74) is 3.00. The van der Waals surface area contributed by atoms with E-state index in [2.05, 4.69) is 14.3 Å². The zero-order valence-corrected chi connectivity index (χ0v) is 14.3. The van der Waals surface area contributed by atoms with Crippen molar-refractivity contribution in [2.75, 3.05) is 12.3 Å². The van der Waals surface area contributed by atoms with Gasteiger partial charge in [-0.15, -0.1) is 0 Å². The zero-order chi connectivity index (χ0) is 15.7. The molecule has 5 nitrogen and oxygen atoms in total. The molecule has 0 saturated carbocycles. The summed E-state index contributed by atoms with van der Waals surface area (Å²) in [4.78, 5) is 4.82. The van der Waals surface area contributed by atoms with Gasteiger partial charge in [0.2, 0.25) is 10.0 Å². The summed E-state index contributed by atoms with van der Waals surface area (Å²) in [6, 6.07) is 5.19. The van der Waals surface area contributed by atoms with Crippen LogP contribution in [0.15, 0.2) is 34.4 Å². The van der Waals surface area contributed by atoms with Crippen molar-refractivity contribution in [1.29, 1.82) is 0 Å². The number of aryl methyl sites for hydroxylation is 3. The summed E-state index contributed by atoms with van der Waals surface area (Å²) in [7, 11) is -3.45. The van der Waals surface area contributed by atoms with Gasteiger partial charge in [0.1, 0.15) is 0 Å². The van der Waals surface area contributed by atoms with E-state index in [0.717, 1.165) is 34.3 Å². The normalized spacial score (nSPS) is 14.3. The number of benzene rings is 1. The third kappa shape index (κ3) is 3.21. The van der Waals surface area contributed by atoms with Gasteiger partial charge in [-0.2, -0.15) is 0 Å². The summed E-state index contributed by atoms with van der Waals surface area (Å²) >= 11 is 1.74. The number of nitrogens with zero attached hydrogens (tertiary/aromatic N) is 2. The molecule has 1 aromatic carbocycles. The SMILES string of the molecule is Cc1ccc(S(=O)(=O)NCCc2cn3c(n2)SCC3)cc1C. The van der Waals surface area contributed by atoms with Gasteiger partial charge in [-0.3, -0.25) is 0 Å². The molecular formula is C15H19N3O2S2. The van der Waals surface area contributed by atoms with Crippen molar-refractivity contribution in [3.8, 4) is 0 Å². The molecule has 2 heterocycles. The molecule has 3 rings (SSSR count). The largest absolute Gasteiger partial charge is 0.325 e. The average molecular weight is 337 g/mol. The average Bonchev–Trinajstić information content (AvgIpc) is 3.02. The fourth-order valence-corrected chi connectivity index (χ4v) is 4.44. The molecule has 0 aliphatic carbocycles. The third-order valence-electron chi connectivity index (χ3n) is 3.82. The highest BCUT2D eigenvalue weighted by Gasteiger charge is 2.16. The second kappa shape index (κ2) is 6.06. The van der Waals surface area contributed by atoms with E-state index in [4.69, 9.17) is 0 Å². The number of aromatic nitrogens is 2. The maximum Gasteiger partial charge on any atom is 0.240 e. The molecular weight excluding hydrogens is 318 g/mol. The lowest BCUT2D eigenvalue weighted by Gasteiger charge is -2.08. The van der Waals surface area contributed by atoms with Crippen LogP contribution in [0.4, 0.5) is 0 Å². The van der Waals surface area contributed by atoms with E-state index in [1.807, 2.05) is 26.1 Å². The standard InChI is InChI=1S/C15H19N3O2S2/c1-11-3-4-14(9-12(11)2)22(19,20)16-6-5-13-10-18-7-8-21-15(18)17-13/h3-4,9-10,16H,5-8H2,1-2H3. The summed E-state index contributed by atoms with van der Waals surface area (Å²) < 4.78 is 29.3. The number of thioether (sulfide) groups is 1. The zero-order valence-electron chi connectivity index (χ0n) is 12.7. The Morgan fingerprint density at radius 3 is 2.86 bits per heavy atom. The van der Waals surface area contributed by atoms with Crippen LogP contribution in [0.5, 0.6) is 0 Å². The molecule has 0 radical (unpaired) electrons. The summed E-state index contributed by atoms with van der Waals surface area (Å²) in [6.45, 7) is 5.23. The summed E-state index contributed by atoms with van der Waals surface area (Å²) in [6.07, 6.45) is 2.62. The van der Waals surface area contributed by atoms with Gasteiger partial charge in [0, 0.05) is 31.5 Å². The van der Waals surface area contributed by atoms with E-state index in [1.54, 1.807) is 23.9 Å². The number of imidazole rings is 1. The van der Waals surface area contributed by atoms with Crippen LogP contribution in [0.1, 0.15) is 16.8 Å². The van der Waals surface area contributed by atoms with Gasteiger partial charge in [0.15, 0.2) is 5.16 Å². The van der Waals surface area contributed by atoms with Gasteiger partial charge >= 0.3 is 0 Å². The minimum Gasteiger partial charge on any atom is -0.325 e. The Hall–Kier alpha value is -1.31. The Morgan fingerprint density at radius 2 is 2.14 bits per heavy atom. The van der Waals surface area contributed by atoms with E-state index in [0.29, 0.717) is 17.9 Å². The van der Waals surface area contributed by atoms with Crippen molar-refractivity contribution in [2.24, 2.45) is 0 Å². The van der Waals surface area contributed by atoms with E-state index < -0.39 is 10.0 Å². The summed E-state index contributed by atoms with van der Waals surface area (Å²) in [5, 5.41) is 1.03. The number of sulfonamides is 1. The van der Waals surface area contributed by atoms with Crippen LogP contribution < -0.4 is 4.72 Å². The quantitative estimate of drug-likeness (QED) is 0.908. The molecule has 1 N–H and O–H groups in total. The molecule has 0 bridgehead atoms.